The zero-order chi connectivity index (χ0) is 12.3. The normalized spacial score (nSPS) is 17.1. The Balaban J connectivity index is 2.09. The molecule has 0 unspecified atom stereocenters. The molecule has 1 amide bonds. The second-order valence-corrected chi connectivity index (χ2v) is 4.86. The van der Waals surface area contributed by atoms with E-state index in [4.69, 9.17) is 16.0 Å². The van der Waals surface area contributed by atoms with E-state index < -0.39 is 0 Å². The minimum absolute atomic E-state index is 0.0358. The Morgan fingerprint density at radius 3 is 2.65 bits per heavy atom. The van der Waals surface area contributed by atoms with Gasteiger partial charge < -0.3 is 9.32 Å². The molecule has 1 fully saturated rings. The average molecular weight is 256 g/mol. The summed E-state index contributed by atoms with van der Waals surface area (Å²) < 4.78 is 5.19. The third kappa shape index (κ3) is 2.83. The molecule has 1 aliphatic rings. The van der Waals surface area contributed by atoms with Crippen molar-refractivity contribution in [3.63, 3.8) is 0 Å². The Labute approximate surface area is 107 Å². The van der Waals surface area contributed by atoms with E-state index in [0.29, 0.717) is 11.8 Å². The smallest absolute Gasteiger partial charge is 0.289 e. The van der Waals surface area contributed by atoms with Crippen molar-refractivity contribution in [3.8, 4) is 0 Å². The molecule has 0 N–H and O–H groups in total. The van der Waals surface area contributed by atoms with Crippen molar-refractivity contribution < 1.29 is 9.21 Å². The van der Waals surface area contributed by atoms with Crippen LogP contribution in [0.5, 0.6) is 0 Å². The molecule has 3 nitrogen and oxygen atoms in total. The molecule has 1 heterocycles. The Kier molecular flexibility index (Phi) is 4.11. The molecular formula is C13H18ClNO2. The highest BCUT2D eigenvalue weighted by Gasteiger charge is 2.26. The molecule has 4 heteroatoms. The molecule has 0 atom stereocenters. The van der Waals surface area contributed by atoms with Gasteiger partial charge in [-0.2, -0.15) is 0 Å². The largest absolute Gasteiger partial charge is 0.440 e. The molecule has 0 radical (unpaired) electrons. The number of carbonyl (C=O) groups is 1. The van der Waals surface area contributed by atoms with Crippen molar-refractivity contribution in [2.75, 3.05) is 6.54 Å². The number of rotatable bonds is 3. The third-order valence-corrected chi connectivity index (χ3v) is 3.60. The van der Waals surface area contributed by atoms with Crippen LogP contribution in [0.4, 0.5) is 0 Å². The molecule has 0 bridgehead atoms. The molecule has 1 aromatic heterocycles. The minimum Gasteiger partial charge on any atom is -0.440 e. The molecule has 94 valence electrons. The van der Waals surface area contributed by atoms with E-state index in [0.717, 1.165) is 19.4 Å². The lowest BCUT2D eigenvalue weighted by Crippen LogP contribution is -2.41. The van der Waals surface area contributed by atoms with Gasteiger partial charge in [-0.3, -0.25) is 4.79 Å². The summed E-state index contributed by atoms with van der Waals surface area (Å²) in [6.07, 6.45) is 5.93. The first-order chi connectivity index (χ1) is 8.22. The van der Waals surface area contributed by atoms with E-state index in [1.807, 2.05) is 11.8 Å². The fourth-order valence-electron chi connectivity index (χ4n) is 2.53. The van der Waals surface area contributed by atoms with Gasteiger partial charge in [0.2, 0.25) is 0 Å². The summed E-state index contributed by atoms with van der Waals surface area (Å²) in [5.74, 6) is 0.314. The summed E-state index contributed by atoms with van der Waals surface area (Å²) >= 11 is 5.70. The van der Waals surface area contributed by atoms with Crippen LogP contribution in [0.1, 0.15) is 49.6 Å². The standard InChI is InChI=1S/C13H18ClNO2/c1-2-15(10-6-4-3-5-7-10)13(16)11-8-9-12(14)17-11/h8-10H,2-7H2,1H3. The van der Waals surface area contributed by atoms with E-state index >= 15 is 0 Å². The number of furan rings is 1. The highest BCUT2D eigenvalue weighted by molar-refractivity contribution is 6.29. The Morgan fingerprint density at radius 2 is 2.12 bits per heavy atom. The van der Waals surface area contributed by atoms with Crippen LogP contribution in [0.2, 0.25) is 5.22 Å². The molecular weight excluding hydrogens is 238 g/mol. The first-order valence-corrected chi connectivity index (χ1v) is 6.66. The number of carbonyl (C=O) groups excluding carboxylic acids is 1. The highest BCUT2D eigenvalue weighted by atomic mass is 35.5. The summed E-state index contributed by atoms with van der Waals surface area (Å²) in [5, 5.41) is 0.271. The van der Waals surface area contributed by atoms with Crippen LogP contribution in [0.3, 0.4) is 0 Å². The summed E-state index contributed by atoms with van der Waals surface area (Å²) in [6, 6.07) is 3.63. The van der Waals surface area contributed by atoms with E-state index in [1.54, 1.807) is 12.1 Å². The maximum atomic E-state index is 12.3. The molecule has 1 saturated carbocycles. The van der Waals surface area contributed by atoms with Gasteiger partial charge in [-0.15, -0.1) is 0 Å². The third-order valence-electron chi connectivity index (χ3n) is 3.40. The lowest BCUT2D eigenvalue weighted by molar-refractivity contribution is 0.0615. The maximum absolute atomic E-state index is 12.3. The summed E-state index contributed by atoms with van der Waals surface area (Å²) in [5.41, 5.74) is 0. The lowest BCUT2D eigenvalue weighted by Gasteiger charge is -2.32. The van der Waals surface area contributed by atoms with Gasteiger partial charge >= 0.3 is 0 Å². The van der Waals surface area contributed by atoms with Gasteiger partial charge in [0, 0.05) is 12.6 Å². The minimum atomic E-state index is -0.0358. The number of amides is 1. The molecule has 0 saturated heterocycles. The molecule has 1 aliphatic carbocycles. The quantitative estimate of drug-likeness (QED) is 0.825. The van der Waals surface area contributed by atoms with Gasteiger partial charge in [0.15, 0.2) is 11.0 Å². The van der Waals surface area contributed by atoms with Crippen LogP contribution in [0, 0.1) is 0 Å². The summed E-state index contributed by atoms with van der Waals surface area (Å²) in [6.45, 7) is 2.73. The number of hydrogen-bond acceptors (Lipinski definition) is 2. The van der Waals surface area contributed by atoms with E-state index in [9.17, 15) is 4.79 Å². The Bertz CT molecular complexity index is 383. The lowest BCUT2D eigenvalue weighted by atomic mass is 9.94. The topological polar surface area (TPSA) is 33.5 Å². The second-order valence-electron chi connectivity index (χ2n) is 4.49. The summed E-state index contributed by atoms with van der Waals surface area (Å²) in [7, 11) is 0. The van der Waals surface area contributed by atoms with E-state index in [1.165, 1.54) is 19.3 Å². The fraction of sp³-hybridized carbons (Fsp3) is 0.615. The molecule has 2 rings (SSSR count). The van der Waals surface area contributed by atoms with Crippen LogP contribution in [-0.4, -0.2) is 23.4 Å². The van der Waals surface area contributed by atoms with Crippen molar-refractivity contribution in [2.24, 2.45) is 0 Å². The number of halogens is 1. The van der Waals surface area contributed by atoms with Gasteiger partial charge in [-0.1, -0.05) is 19.3 Å². The monoisotopic (exact) mass is 255 g/mol. The van der Waals surface area contributed by atoms with Crippen molar-refractivity contribution >= 4 is 17.5 Å². The predicted molar refractivity (Wildman–Crippen MR) is 67.3 cm³/mol. The van der Waals surface area contributed by atoms with Gasteiger partial charge in [-0.05, 0) is 43.5 Å². The maximum Gasteiger partial charge on any atom is 0.289 e. The Hall–Kier alpha value is -0.960. The second kappa shape index (κ2) is 5.58. The van der Waals surface area contributed by atoms with Gasteiger partial charge in [0.05, 0.1) is 0 Å². The van der Waals surface area contributed by atoms with Crippen molar-refractivity contribution in [2.45, 2.75) is 45.1 Å². The van der Waals surface area contributed by atoms with Crippen LogP contribution < -0.4 is 0 Å². The predicted octanol–water partition coefficient (Wildman–Crippen LogP) is 3.73. The van der Waals surface area contributed by atoms with Gasteiger partial charge in [-0.25, -0.2) is 0 Å². The van der Waals surface area contributed by atoms with Crippen molar-refractivity contribution in [1.82, 2.24) is 4.90 Å². The fourth-order valence-corrected chi connectivity index (χ4v) is 2.68. The molecule has 1 aromatic rings. The molecule has 0 spiro atoms. The number of nitrogens with zero attached hydrogens (tertiary/aromatic N) is 1. The van der Waals surface area contributed by atoms with E-state index in [-0.39, 0.29) is 11.1 Å². The first-order valence-electron chi connectivity index (χ1n) is 6.28. The van der Waals surface area contributed by atoms with Gasteiger partial charge in [0.25, 0.3) is 5.91 Å². The highest BCUT2D eigenvalue weighted by Crippen LogP contribution is 2.24. The van der Waals surface area contributed by atoms with Crippen LogP contribution in [0.25, 0.3) is 0 Å². The first kappa shape index (κ1) is 12.5. The van der Waals surface area contributed by atoms with Gasteiger partial charge in [0.1, 0.15) is 0 Å². The Morgan fingerprint density at radius 1 is 1.41 bits per heavy atom. The van der Waals surface area contributed by atoms with E-state index in [2.05, 4.69) is 0 Å². The molecule has 17 heavy (non-hydrogen) atoms. The zero-order valence-corrected chi connectivity index (χ0v) is 10.9. The summed E-state index contributed by atoms with van der Waals surface area (Å²) in [4.78, 5) is 14.2. The SMILES string of the molecule is CCN(C(=O)c1ccc(Cl)o1)C1CCCCC1. The van der Waals surface area contributed by atoms with Crippen LogP contribution in [0.15, 0.2) is 16.5 Å². The average Bonchev–Trinajstić information content (AvgIpc) is 2.78. The molecule has 0 aromatic carbocycles. The zero-order valence-electron chi connectivity index (χ0n) is 10.1. The van der Waals surface area contributed by atoms with Crippen LogP contribution >= 0.6 is 11.6 Å². The van der Waals surface area contributed by atoms with Crippen molar-refractivity contribution in [1.29, 1.82) is 0 Å². The van der Waals surface area contributed by atoms with Crippen LogP contribution in [-0.2, 0) is 0 Å². The van der Waals surface area contributed by atoms with Crippen molar-refractivity contribution in [3.05, 3.63) is 23.1 Å². The number of hydrogen-bond donors (Lipinski definition) is 0. The molecule has 0 aliphatic heterocycles.